The maximum absolute atomic E-state index is 12.2. The number of nitrogens with zero attached hydrogens (tertiary/aromatic N) is 2. The molecule has 1 amide bonds. The van der Waals surface area contributed by atoms with Gasteiger partial charge in [0.05, 0.1) is 16.8 Å². The predicted molar refractivity (Wildman–Crippen MR) is 107 cm³/mol. The lowest BCUT2D eigenvalue weighted by Crippen LogP contribution is -2.16. The Kier molecular flexibility index (Phi) is 5.24. The van der Waals surface area contributed by atoms with E-state index in [4.69, 9.17) is 5.73 Å². The summed E-state index contributed by atoms with van der Waals surface area (Å²) in [5, 5.41) is 4.11. The second kappa shape index (κ2) is 7.43. The average Bonchev–Trinajstić information content (AvgIpc) is 2.88. The Morgan fingerprint density at radius 1 is 1.23 bits per heavy atom. The minimum Gasteiger partial charge on any atom is -0.383 e. The van der Waals surface area contributed by atoms with E-state index >= 15 is 0 Å². The van der Waals surface area contributed by atoms with E-state index in [-0.39, 0.29) is 17.4 Å². The number of para-hydroxylation sites is 1. The number of aromatic nitrogens is 2. The van der Waals surface area contributed by atoms with E-state index in [1.165, 1.54) is 18.7 Å². The number of thiophene rings is 1. The maximum Gasteiger partial charge on any atom is 0.234 e. The van der Waals surface area contributed by atoms with Crippen LogP contribution in [0.25, 0.3) is 10.2 Å². The molecule has 2 heterocycles. The van der Waals surface area contributed by atoms with Gasteiger partial charge in [0.15, 0.2) is 10.9 Å². The molecular weight excluding hydrogens is 368 g/mol. The molecular formula is C18H18N4O2S2. The third-order valence-corrected chi connectivity index (χ3v) is 5.90. The van der Waals surface area contributed by atoms with Crippen molar-refractivity contribution in [2.24, 2.45) is 0 Å². The van der Waals surface area contributed by atoms with Crippen LogP contribution in [0.15, 0.2) is 29.4 Å². The quantitative estimate of drug-likeness (QED) is 0.393. The second-order valence-electron chi connectivity index (χ2n) is 5.79. The Morgan fingerprint density at radius 2 is 1.96 bits per heavy atom. The molecule has 1 aromatic carbocycles. The molecule has 6 nitrogen and oxygen atoms in total. The van der Waals surface area contributed by atoms with Crippen molar-refractivity contribution in [2.75, 3.05) is 16.8 Å². The molecule has 3 rings (SSSR count). The number of nitrogens with one attached hydrogen (secondary N) is 1. The molecule has 0 atom stereocenters. The third-order valence-electron chi connectivity index (χ3n) is 3.95. The zero-order chi connectivity index (χ0) is 18.8. The number of aryl methyl sites for hydroxylation is 2. The van der Waals surface area contributed by atoms with Gasteiger partial charge in [0.1, 0.15) is 10.6 Å². The molecule has 0 saturated carbocycles. The zero-order valence-corrected chi connectivity index (χ0v) is 16.3. The standard InChI is InChI=1S/C18H18N4O2S2/c1-9-11(3)26-17-15(9)16(19)21-18(22-17)25-8-14(24)20-13-7-5-4-6-12(13)10(2)23/h4-7H,8H2,1-3H3,(H,20,24)(H2,19,21,22). The third kappa shape index (κ3) is 3.71. The number of rotatable bonds is 5. The molecule has 0 aliphatic carbocycles. The van der Waals surface area contributed by atoms with Gasteiger partial charge >= 0.3 is 0 Å². The number of hydrogen-bond donors (Lipinski definition) is 2. The number of hydrogen-bond acceptors (Lipinski definition) is 7. The van der Waals surface area contributed by atoms with E-state index in [2.05, 4.69) is 15.3 Å². The smallest absolute Gasteiger partial charge is 0.234 e. The summed E-state index contributed by atoms with van der Waals surface area (Å²) in [5.74, 6) is 0.227. The highest BCUT2D eigenvalue weighted by molar-refractivity contribution is 7.99. The summed E-state index contributed by atoms with van der Waals surface area (Å²) in [7, 11) is 0. The Labute approximate surface area is 159 Å². The van der Waals surface area contributed by atoms with Crippen LogP contribution in [0.1, 0.15) is 27.7 Å². The molecule has 0 unspecified atom stereocenters. The van der Waals surface area contributed by atoms with E-state index in [1.54, 1.807) is 35.6 Å². The number of Topliss-reactive ketones (excluding diaryl/α,β-unsaturated/α-hetero) is 1. The van der Waals surface area contributed by atoms with E-state index in [0.717, 1.165) is 20.7 Å². The second-order valence-corrected chi connectivity index (χ2v) is 7.94. The number of benzene rings is 1. The van der Waals surface area contributed by atoms with Crippen LogP contribution >= 0.6 is 23.1 Å². The number of nitrogens with two attached hydrogens (primary N) is 1. The molecule has 26 heavy (non-hydrogen) atoms. The largest absolute Gasteiger partial charge is 0.383 e. The molecule has 3 aromatic rings. The molecule has 3 N–H and O–H groups in total. The highest BCUT2D eigenvalue weighted by Crippen LogP contribution is 2.33. The van der Waals surface area contributed by atoms with Gasteiger partial charge in [-0.1, -0.05) is 23.9 Å². The van der Waals surface area contributed by atoms with Crippen LogP contribution in [0.3, 0.4) is 0 Å². The fourth-order valence-electron chi connectivity index (χ4n) is 2.54. The van der Waals surface area contributed by atoms with Gasteiger partial charge in [-0.05, 0) is 38.5 Å². The van der Waals surface area contributed by atoms with Crippen LogP contribution < -0.4 is 11.1 Å². The summed E-state index contributed by atoms with van der Waals surface area (Å²) >= 11 is 2.78. The van der Waals surface area contributed by atoms with Crippen molar-refractivity contribution >= 4 is 56.5 Å². The van der Waals surface area contributed by atoms with Gasteiger partial charge in [0, 0.05) is 10.4 Å². The van der Waals surface area contributed by atoms with Crippen LogP contribution in [-0.4, -0.2) is 27.4 Å². The number of thioether (sulfide) groups is 1. The average molecular weight is 387 g/mol. The summed E-state index contributed by atoms with van der Waals surface area (Å²) in [5.41, 5.74) is 8.14. The number of fused-ring (bicyclic) bond motifs is 1. The Balaban J connectivity index is 1.72. The molecule has 0 aliphatic rings. The number of anilines is 2. The van der Waals surface area contributed by atoms with Gasteiger partial charge in [0.25, 0.3) is 0 Å². The van der Waals surface area contributed by atoms with Gasteiger partial charge < -0.3 is 11.1 Å². The minimum absolute atomic E-state index is 0.0986. The first-order valence-corrected chi connectivity index (χ1v) is 9.73. The van der Waals surface area contributed by atoms with Crippen molar-refractivity contribution in [1.29, 1.82) is 0 Å². The molecule has 0 aliphatic heterocycles. The predicted octanol–water partition coefficient (Wildman–Crippen LogP) is 3.82. The topological polar surface area (TPSA) is 98.0 Å². The molecule has 0 radical (unpaired) electrons. The fourth-order valence-corrected chi connectivity index (χ4v) is 4.29. The number of carbonyl (C=O) groups is 2. The monoisotopic (exact) mass is 386 g/mol. The van der Waals surface area contributed by atoms with Crippen LogP contribution in [-0.2, 0) is 4.79 Å². The van der Waals surface area contributed by atoms with Crippen LogP contribution in [0.4, 0.5) is 11.5 Å². The Bertz CT molecular complexity index is 1010. The summed E-state index contributed by atoms with van der Waals surface area (Å²) in [4.78, 5) is 34.7. The van der Waals surface area contributed by atoms with E-state index in [1.807, 2.05) is 13.8 Å². The summed E-state index contributed by atoms with van der Waals surface area (Å²) in [6.07, 6.45) is 0. The van der Waals surface area contributed by atoms with Gasteiger partial charge in [-0.15, -0.1) is 11.3 Å². The van der Waals surface area contributed by atoms with Gasteiger partial charge in [0.2, 0.25) is 5.91 Å². The summed E-state index contributed by atoms with van der Waals surface area (Å²) < 4.78 is 0. The molecule has 8 heteroatoms. The highest BCUT2D eigenvalue weighted by atomic mass is 32.2. The van der Waals surface area contributed by atoms with Crippen LogP contribution in [0.5, 0.6) is 0 Å². The highest BCUT2D eigenvalue weighted by Gasteiger charge is 2.15. The molecule has 2 aromatic heterocycles. The molecule has 0 saturated heterocycles. The first-order chi connectivity index (χ1) is 12.4. The van der Waals surface area contributed by atoms with Crippen molar-refractivity contribution in [3.63, 3.8) is 0 Å². The Hall–Kier alpha value is -2.45. The summed E-state index contributed by atoms with van der Waals surface area (Å²) in [6.45, 7) is 5.49. The van der Waals surface area contributed by atoms with E-state index < -0.39 is 0 Å². The lowest BCUT2D eigenvalue weighted by molar-refractivity contribution is -0.113. The molecule has 0 fully saturated rings. The van der Waals surface area contributed by atoms with Crippen LogP contribution in [0, 0.1) is 13.8 Å². The number of nitrogen functional groups attached to an aromatic ring is 1. The SMILES string of the molecule is CC(=O)c1ccccc1NC(=O)CSc1nc(N)c2c(C)c(C)sc2n1. The van der Waals surface area contributed by atoms with Crippen molar-refractivity contribution < 1.29 is 9.59 Å². The Morgan fingerprint density at radius 3 is 2.69 bits per heavy atom. The van der Waals surface area contributed by atoms with Crippen molar-refractivity contribution in [2.45, 2.75) is 25.9 Å². The maximum atomic E-state index is 12.2. The normalized spacial score (nSPS) is 10.9. The van der Waals surface area contributed by atoms with Gasteiger partial charge in [-0.25, -0.2) is 9.97 Å². The van der Waals surface area contributed by atoms with E-state index in [9.17, 15) is 9.59 Å². The molecule has 134 valence electrons. The zero-order valence-electron chi connectivity index (χ0n) is 14.6. The minimum atomic E-state index is -0.232. The summed E-state index contributed by atoms with van der Waals surface area (Å²) in [6, 6.07) is 6.92. The van der Waals surface area contributed by atoms with Gasteiger partial charge in [-0.3, -0.25) is 9.59 Å². The lowest BCUT2D eigenvalue weighted by atomic mass is 10.1. The molecule has 0 bridgehead atoms. The van der Waals surface area contributed by atoms with E-state index in [0.29, 0.717) is 22.2 Å². The first kappa shape index (κ1) is 18.3. The molecule has 0 spiro atoms. The fraction of sp³-hybridized carbons (Fsp3) is 0.222. The van der Waals surface area contributed by atoms with Crippen molar-refractivity contribution in [3.05, 3.63) is 40.3 Å². The van der Waals surface area contributed by atoms with Crippen molar-refractivity contribution in [3.8, 4) is 0 Å². The van der Waals surface area contributed by atoms with Crippen molar-refractivity contribution in [1.82, 2.24) is 9.97 Å². The van der Waals surface area contributed by atoms with Gasteiger partial charge in [-0.2, -0.15) is 0 Å². The first-order valence-electron chi connectivity index (χ1n) is 7.92. The number of amides is 1. The van der Waals surface area contributed by atoms with Crippen LogP contribution in [0.2, 0.25) is 0 Å². The number of ketones is 1. The lowest BCUT2D eigenvalue weighted by Gasteiger charge is -2.08. The number of carbonyl (C=O) groups excluding carboxylic acids is 2.